The summed E-state index contributed by atoms with van der Waals surface area (Å²) in [6, 6.07) is 10.9. The molecule has 4 heteroatoms. The van der Waals surface area contributed by atoms with Gasteiger partial charge in [-0.15, -0.1) is 0 Å². The van der Waals surface area contributed by atoms with Crippen LogP contribution in [0.15, 0.2) is 45.3 Å². The fourth-order valence-corrected chi connectivity index (χ4v) is 2.63. The maximum atomic E-state index is 12.4. The summed E-state index contributed by atoms with van der Waals surface area (Å²) >= 11 is 6.83. The lowest BCUT2D eigenvalue weighted by Crippen LogP contribution is -2.02. The molecule has 2 nitrogen and oxygen atoms in total. The van der Waals surface area contributed by atoms with Gasteiger partial charge in [-0.2, -0.15) is 0 Å². The van der Waals surface area contributed by atoms with Crippen LogP contribution in [0.1, 0.15) is 21.5 Å². The molecule has 0 aromatic heterocycles. The number of hydrogen-bond donors (Lipinski definition) is 0. The topological polar surface area (TPSA) is 26.3 Å². The molecule has 19 heavy (non-hydrogen) atoms. The first-order valence-corrected chi connectivity index (χ1v) is 7.26. The highest BCUT2D eigenvalue weighted by molar-refractivity contribution is 9.10. The van der Waals surface area contributed by atoms with Crippen LogP contribution in [0.4, 0.5) is 0 Å². The number of rotatable bonds is 3. The lowest BCUT2D eigenvalue weighted by molar-refractivity contribution is 0.103. The number of benzene rings is 2. The SMILES string of the molecule is COc1ccc(C(=O)c2ccc(C)c(Br)c2)cc1Br. The molecule has 0 aliphatic heterocycles. The highest BCUT2D eigenvalue weighted by Gasteiger charge is 2.12. The number of halogens is 2. The Labute approximate surface area is 129 Å². The van der Waals surface area contributed by atoms with E-state index in [4.69, 9.17) is 4.74 Å². The van der Waals surface area contributed by atoms with Crippen molar-refractivity contribution in [2.24, 2.45) is 0 Å². The molecule has 0 aliphatic rings. The van der Waals surface area contributed by atoms with Gasteiger partial charge in [-0.3, -0.25) is 4.79 Å². The highest BCUT2D eigenvalue weighted by atomic mass is 79.9. The Morgan fingerprint density at radius 1 is 1.00 bits per heavy atom. The minimum atomic E-state index is -0.0101. The third-order valence-electron chi connectivity index (χ3n) is 2.85. The van der Waals surface area contributed by atoms with Crippen molar-refractivity contribution < 1.29 is 9.53 Å². The van der Waals surface area contributed by atoms with Gasteiger partial charge in [0.25, 0.3) is 0 Å². The minimum Gasteiger partial charge on any atom is -0.496 e. The molecule has 0 radical (unpaired) electrons. The van der Waals surface area contributed by atoms with E-state index in [-0.39, 0.29) is 5.78 Å². The van der Waals surface area contributed by atoms with Crippen LogP contribution in [-0.4, -0.2) is 12.9 Å². The van der Waals surface area contributed by atoms with Gasteiger partial charge >= 0.3 is 0 Å². The Morgan fingerprint density at radius 2 is 1.58 bits per heavy atom. The second-order valence-electron chi connectivity index (χ2n) is 4.14. The van der Waals surface area contributed by atoms with Crippen molar-refractivity contribution in [3.63, 3.8) is 0 Å². The molecule has 0 fully saturated rings. The molecule has 0 unspecified atom stereocenters. The van der Waals surface area contributed by atoms with Crippen LogP contribution in [-0.2, 0) is 0 Å². The summed E-state index contributed by atoms with van der Waals surface area (Å²) < 4.78 is 6.86. The van der Waals surface area contributed by atoms with Crippen LogP contribution in [0.3, 0.4) is 0 Å². The summed E-state index contributed by atoms with van der Waals surface area (Å²) in [5, 5.41) is 0. The average molecular weight is 384 g/mol. The Balaban J connectivity index is 2.38. The van der Waals surface area contributed by atoms with Gasteiger partial charge in [-0.05, 0) is 52.7 Å². The van der Waals surface area contributed by atoms with Crippen molar-refractivity contribution in [1.82, 2.24) is 0 Å². The zero-order valence-electron chi connectivity index (χ0n) is 10.5. The normalized spacial score (nSPS) is 10.3. The third kappa shape index (κ3) is 3.07. The van der Waals surface area contributed by atoms with Crippen molar-refractivity contribution in [1.29, 1.82) is 0 Å². The molecule has 0 heterocycles. The Bertz CT molecular complexity index is 636. The van der Waals surface area contributed by atoms with Crippen LogP contribution in [0, 0.1) is 6.92 Å². The molecule has 98 valence electrons. The van der Waals surface area contributed by atoms with Crippen molar-refractivity contribution in [2.45, 2.75) is 6.92 Å². The number of hydrogen-bond acceptors (Lipinski definition) is 2. The van der Waals surface area contributed by atoms with Gasteiger partial charge in [0.2, 0.25) is 0 Å². The largest absolute Gasteiger partial charge is 0.496 e. The van der Waals surface area contributed by atoms with Crippen LogP contribution in [0.5, 0.6) is 5.75 Å². The molecular formula is C15H12Br2O2. The third-order valence-corrected chi connectivity index (χ3v) is 4.32. The van der Waals surface area contributed by atoms with E-state index < -0.39 is 0 Å². The summed E-state index contributed by atoms with van der Waals surface area (Å²) in [4.78, 5) is 12.4. The van der Waals surface area contributed by atoms with E-state index in [1.54, 1.807) is 25.3 Å². The number of aryl methyl sites for hydroxylation is 1. The summed E-state index contributed by atoms with van der Waals surface area (Å²) in [5.41, 5.74) is 2.39. The number of methoxy groups -OCH3 is 1. The summed E-state index contributed by atoms with van der Waals surface area (Å²) in [5.74, 6) is 0.700. The van der Waals surface area contributed by atoms with Gasteiger partial charge in [-0.25, -0.2) is 0 Å². The van der Waals surface area contributed by atoms with Crippen molar-refractivity contribution in [3.8, 4) is 5.75 Å². The quantitative estimate of drug-likeness (QED) is 0.714. The van der Waals surface area contributed by atoms with Crippen LogP contribution < -0.4 is 4.74 Å². The van der Waals surface area contributed by atoms with Gasteiger partial charge in [0.05, 0.1) is 11.6 Å². The fraction of sp³-hybridized carbons (Fsp3) is 0.133. The van der Waals surface area contributed by atoms with E-state index in [0.29, 0.717) is 16.9 Å². The molecule has 0 N–H and O–H groups in total. The first-order chi connectivity index (χ1) is 9.02. The molecule has 0 saturated carbocycles. The maximum Gasteiger partial charge on any atom is 0.193 e. The first-order valence-electron chi connectivity index (χ1n) is 5.67. The standard InChI is InChI=1S/C15H12Br2O2/c1-9-3-4-10(7-12(9)16)15(18)11-5-6-14(19-2)13(17)8-11/h3-8H,1-2H3. The number of carbonyl (C=O) groups excluding carboxylic acids is 1. The molecule has 0 spiro atoms. The molecule has 0 saturated heterocycles. The van der Waals surface area contributed by atoms with Crippen molar-refractivity contribution in [3.05, 3.63) is 62.0 Å². The van der Waals surface area contributed by atoms with E-state index >= 15 is 0 Å². The van der Waals surface area contributed by atoms with E-state index in [9.17, 15) is 4.79 Å². The van der Waals surface area contributed by atoms with Crippen molar-refractivity contribution >= 4 is 37.6 Å². The van der Waals surface area contributed by atoms with E-state index in [1.165, 1.54) is 0 Å². The van der Waals surface area contributed by atoms with Crippen LogP contribution in [0.25, 0.3) is 0 Å². The van der Waals surface area contributed by atoms with Gasteiger partial charge in [-0.1, -0.05) is 28.1 Å². The molecule has 2 rings (SSSR count). The second-order valence-corrected chi connectivity index (χ2v) is 5.85. The fourth-order valence-electron chi connectivity index (χ4n) is 1.71. The van der Waals surface area contributed by atoms with Crippen LogP contribution >= 0.6 is 31.9 Å². The van der Waals surface area contributed by atoms with Gasteiger partial charge in [0.1, 0.15) is 5.75 Å². The monoisotopic (exact) mass is 382 g/mol. The summed E-state index contributed by atoms with van der Waals surface area (Å²) in [6.45, 7) is 1.99. The van der Waals surface area contributed by atoms with Gasteiger partial charge in [0, 0.05) is 15.6 Å². The molecular weight excluding hydrogens is 372 g/mol. The maximum absolute atomic E-state index is 12.4. The lowest BCUT2D eigenvalue weighted by Gasteiger charge is -2.07. The Kier molecular flexibility index (Phi) is 4.42. The van der Waals surface area contributed by atoms with Gasteiger partial charge < -0.3 is 4.74 Å². The van der Waals surface area contributed by atoms with E-state index in [0.717, 1.165) is 14.5 Å². The molecule has 2 aromatic carbocycles. The predicted molar refractivity (Wildman–Crippen MR) is 83.0 cm³/mol. The molecule has 0 bridgehead atoms. The second kappa shape index (κ2) is 5.88. The highest BCUT2D eigenvalue weighted by Crippen LogP contribution is 2.27. The molecule has 0 aliphatic carbocycles. The Hall–Kier alpha value is -1.13. The lowest BCUT2D eigenvalue weighted by atomic mass is 10.0. The van der Waals surface area contributed by atoms with E-state index in [2.05, 4.69) is 31.9 Å². The minimum absolute atomic E-state index is 0.0101. The van der Waals surface area contributed by atoms with Crippen LogP contribution in [0.2, 0.25) is 0 Å². The first kappa shape index (κ1) is 14.3. The number of ether oxygens (including phenoxy) is 1. The smallest absolute Gasteiger partial charge is 0.193 e. The Morgan fingerprint density at radius 3 is 2.11 bits per heavy atom. The zero-order chi connectivity index (χ0) is 14.0. The summed E-state index contributed by atoms with van der Waals surface area (Å²) in [6.07, 6.45) is 0. The number of ketones is 1. The molecule has 0 amide bonds. The predicted octanol–water partition coefficient (Wildman–Crippen LogP) is 4.76. The molecule has 2 aromatic rings. The molecule has 0 atom stereocenters. The summed E-state index contributed by atoms with van der Waals surface area (Å²) in [7, 11) is 1.60. The average Bonchev–Trinajstić information content (AvgIpc) is 2.41. The van der Waals surface area contributed by atoms with E-state index in [1.807, 2.05) is 25.1 Å². The zero-order valence-corrected chi connectivity index (χ0v) is 13.7. The van der Waals surface area contributed by atoms with Crippen molar-refractivity contribution in [2.75, 3.05) is 7.11 Å². The van der Waals surface area contributed by atoms with Gasteiger partial charge in [0.15, 0.2) is 5.78 Å². The number of carbonyl (C=O) groups is 1.